The van der Waals surface area contributed by atoms with Crippen LogP contribution in [0.4, 0.5) is 0 Å². The quantitative estimate of drug-likeness (QED) is 0.643. The molecule has 4 heteroatoms. The minimum atomic E-state index is -0.287. The summed E-state index contributed by atoms with van der Waals surface area (Å²) in [6, 6.07) is 11.1. The summed E-state index contributed by atoms with van der Waals surface area (Å²) in [5.41, 5.74) is 0. The SMILES string of the molecule is c1csc(P(c2ccsc2)c2cccs2)c1. The number of rotatable bonds is 3. The summed E-state index contributed by atoms with van der Waals surface area (Å²) in [6.45, 7) is 0. The smallest absolute Gasteiger partial charge is 0.0377 e. The Labute approximate surface area is 108 Å². The molecule has 0 radical (unpaired) electrons. The molecule has 0 saturated heterocycles. The molecular weight excluding hydrogens is 271 g/mol. The lowest BCUT2D eigenvalue weighted by molar-refractivity contribution is 2.04. The van der Waals surface area contributed by atoms with Gasteiger partial charge in [-0.25, -0.2) is 0 Å². The van der Waals surface area contributed by atoms with Gasteiger partial charge in [0.05, 0.1) is 0 Å². The van der Waals surface area contributed by atoms with Gasteiger partial charge in [0, 0.05) is 17.2 Å². The highest BCUT2D eigenvalue weighted by Gasteiger charge is 2.18. The summed E-state index contributed by atoms with van der Waals surface area (Å²) in [5, 5.41) is 10.3. The Morgan fingerprint density at radius 3 is 1.94 bits per heavy atom. The first-order chi connectivity index (χ1) is 7.95. The Morgan fingerprint density at radius 1 is 0.812 bits per heavy atom. The van der Waals surface area contributed by atoms with E-state index in [1.54, 1.807) is 11.3 Å². The van der Waals surface area contributed by atoms with Gasteiger partial charge >= 0.3 is 0 Å². The van der Waals surface area contributed by atoms with Crippen molar-refractivity contribution in [3.05, 3.63) is 51.9 Å². The van der Waals surface area contributed by atoms with E-state index in [2.05, 4.69) is 51.9 Å². The van der Waals surface area contributed by atoms with Crippen LogP contribution in [0.3, 0.4) is 0 Å². The zero-order valence-electron chi connectivity index (χ0n) is 8.37. The molecule has 0 aromatic carbocycles. The van der Waals surface area contributed by atoms with Crippen molar-refractivity contribution in [2.75, 3.05) is 0 Å². The normalized spacial score (nSPS) is 11.1. The Hall–Kier alpha value is -0.470. The van der Waals surface area contributed by atoms with Crippen molar-refractivity contribution in [3.8, 4) is 0 Å². The molecule has 0 fully saturated rings. The van der Waals surface area contributed by atoms with Crippen molar-refractivity contribution < 1.29 is 0 Å². The third-order valence-corrected chi connectivity index (χ3v) is 8.12. The molecule has 3 heterocycles. The van der Waals surface area contributed by atoms with Crippen LogP contribution in [0.15, 0.2) is 51.9 Å². The fraction of sp³-hybridized carbons (Fsp3) is 0. The van der Waals surface area contributed by atoms with Gasteiger partial charge in [0.25, 0.3) is 0 Å². The van der Waals surface area contributed by atoms with E-state index in [9.17, 15) is 0 Å². The number of thiophene rings is 3. The van der Waals surface area contributed by atoms with E-state index in [0.29, 0.717) is 0 Å². The van der Waals surface area contributed by atoms with Gasteiger partial charge in [-0.05, 0) is 45.0 Å². The largest absolute Gasteiger partial charge is 0.152 e. The van der Waals surface area contributed by atoms with E-state index >= 15 is 0 Å². The average molecular weight is 280 g/mol. The maximum Gasteiger partial charge on any atom is 0.0377 e. The maximum atomic E-state index is 2.28. The molecule has 0 unspecified atom stereocenters. The molecule has 3 aromatic rings. The standard InChI is InChI=1S/C12H9PS3/c1-3-11(15-6-1)13(10-5-8-14-9-10)12-4-2-7-16-12/h1-9H. The lowest BCUT2D eigenvalue weighted by Gasteiger charge is -2.12. The summed E-state index contributed by atoms with van der Waals surface area (Å²) in [7, 11) is -0.287. The van der Waals surface area contributed by atoms with Crippen LogP contribution in [0.25, 0.3) is 0 Å². The van der Waals surface area contributed by atoms with Gasteiger partial charge in [0.15, 0.2) is 0 Å². The van der Waals surface area contributed by atoms with E-state index < -0.39 is 0 Å². The van der Waals surface area contributed by atoms with Crippen molar-refractivity contribution >= 4 is 56.5 Å². The molecule has 0 spiro atoms. The fourth-order valence-electron chi connectivity index (χ4n) is 1.54. The summed E-state index contributed by atoms with van der Waals surface area (Å²) < 4.78 is 2.99. The minimum Gasteiger partial charge on any atom is -0.152 e. The van der Waals surface area contributed by atoms with Gasteiger partial charge in [-0.15, -0.1) is 22.7 Å². The van der Waals surface area contributed by atoms with Gasteiger partial charge in [-0.1, -0.05) is 12.1 Å². The molecule has 0 atom stereocenters. The third-order valence-electron chi connectivity index (χ3n) is 2.22. The van der Waals surface area contributed by atoms with Crippen molar-refractivity contribution in [1.29, 1.82) is 0 Å². The van der Waals surface area contributed by atoms with Crippen LogP contribution in [-0.4, -0.2) is 0 Å². The van der Waals surface area contributed by atoms with Gasteiger partial charge in [0.1, 0.15) is 0 Å². The summed E-state index contributed by atoms with van der Waals surface area (Å²) >= 11 is 5.52. The lowest BCUT2D eigenvalue weighted by atomic mass is 10.7. The first-order valence-corrected chi connectivity index (χ1v) is 8.89. The first kappa shape index (κ1) is 10.7. The fourth-order valence-corrected chi connectivity index (χ4v) is 7.70. The van der Waals surface area contributed by atoms with Gasteiger partial charge in [-0.2, -0.15) is 11.3 Å². The third kappa shape index (κ3) is 2.01. The van der Waals surface area contributed by atoms with Gasteiger partial charge in [0.2, 0.25) is 0 Å². The first-order valence-electron chi connectivity index (χ1n) is 4.84. The van der Waals surface area contributed by atoms with Crippen LogP contribution in [0.2, 0.25) is 0 Å². The van der Waals surface area contributed by atoms with E-state index in [-0.39, 0.29) is 7.92 Å². The van der Waals surface area contributed by atoms with Gasteiger partial charge in [-0.3, -0.25) is 0 Å². The molecule has 16 heavy (non-hydrogen) atoms. The highest BCUT2D eigenvalue weighted by atomic mass is 32.1. The molecular formula is C12H9PS3. The van der Waals surface area contributed by atoms with Crippen LogP contribution < -0.4 is 14.5 Å². The Kier molecular flexibility index (Phi) is 3.20. The molecule has 3 rings (SSSR count). The number of hydrogen-bond acceptors (Lipinski definition) is 3. The highest BCUT2D eigenvalue weighted by molar-refractivity contribution is 7.87. The zero-order valence-corrected chi connectivity index (χ0v) is 11.7. The molecule has 0 aliphatic heterocycles. The molecule has 0 saturated carbocycles. The van der Waals surface area contributed by atoms with Crippen LogP contribution in [0.1, 0.15) is 0 Å². The molecule has 0 bridgehead atoms. The van der Waals surface area contributed by atoms with E-state index in [0.717, 1.165) is 0 Å². The second-order valence-electron chi connectivity index (χ2n) is 3.22. The monoisotopic (exact) mass is 280 g/mol. The number of hydrogen-bond donors (Lipinski definition) is 0. The molecule has 80 valence electrons. The van der Waals surface area contributed by atoms with Crippen LogP contribution >= 0.6 is 41.9 Å². The lowest BCUT2D eigenvalue weighted by Crippen LogP contribution is -2.14. The topological polar surface area (TPSA) is 0 Å². The summed E-state index contributed by atoms with van der Waals surface area (Å²) in [6.07, 6.45) is 0. The second kappa shape index (κ2) is 4.80. The Bertz CT molecular complexity index is 441. The van der Waals surface area contributed by atoms with E-state index in [1.807, 2.05) is 22.7 Å². The van der Waals surface area contributed by atoms with Crippen molar-refractivity contribution in [2.24, 2.45) is 0 Å². The van der Waals surface area contributed by atoms with Crippen molar-refractivity contribution in [2.45, 2.75) is 0 Å². The zero-order chi connectivity index (χ0) is 10.8. The van der Waals surface area contributed by atoms with Crippen LogP contribution in [-0.2, 0) is 0 Å². The van der Waals surface area contributed by atoms with Crippen LogP contribution in [0.5, 0.6) is 0 Å². The van der Waals surface area contributed by atoms with Gasteiger partial charge < -0.3 is 0 Å². The van der Waals surface area contributed by atoms with E-state index in [4.69, 9.17) is 0 Å². The predicted molar refractivity (Wildman–Crippen MR) is 78.8 cm³/mol. The molecule has 0 N–H and O–H groups in total. The maximum absolute atomic E-state index is 2.28. The summed E-state index contributed by atoms with van der Waals surface area (Å²) in [5.74, 6) is 0. The second-order valence-corrected chi connectivity index (χ2v) is 8.65. The summed E-state index contributed by atoms with van der Waals surface area (Å²) in [4.78, 5) is 0. The van der Waals surface area contributed by atoms with Crippen molar-refractivity contribution in [1.82, 2.24) is 0 Å². The Morgan fingerprint density at radius 2 is 1.50 bits per heavy atom. The van der Waals surface area contributed by atoms with E-state index in [1.165, 1.54) is 14.5 Å². The molecule has 0 aliphatic carbocycles. The molecule has 0 amide bonds. The Balaban J connectivity index is 2.09. The molecule has 3 aromatic heterocycles. The van der Waals surface area contributed by atoms with Crippen molar-refractivity contribution in [3.63, 3.8) is 0 Å². The highest BCUT2D eigenvalue weighted by Crippen LogP contribution is 2.36. The van der Waals surface area contributed by atoms with Crippen LogP contribution in [0, 0.1) is 0 Å². The minimum absolute atomic E-state index is 0.287. The average Bonchev–Trinajstić information content (AvgIpc) is 3.02. The predicted octanol–water partition coefficient (Wildman–Crippen LogP) is 3.63. The molecule has 0 aliphatic rings. The molecule has 0 nitrogen and oxygen atoms in total.